The summed E-state index contributed by atoms with van der Waals surface area (Å²) in [7, 11) is 0. The fraction of sp³-hybridized carbons (Fsp3) is 0.122. The zero-order valence-electron chi connectivity index (χ0n) is 25.1. The van der Waals surface area contributed by atoms with Crippen molar-refractivity contribution in [2.75, 3.05) is 0 Å². The highest BCUT2D eigenvalue weighted by Gasteiger charge is 2.38. The van der Waals surface area contributed by atoms with Crippen LogP contribution in [0.5, 0.6) is 0 Å². The van der Waals surface area contributed by atoms with Crippen LogP contribution < -0.4 is 0 Å². The average molecular weight is 596 g/mol. The minimum atomic E-state index is -0.0993. The Labute approximate surface area is 265 Å². The predicted octanol–water partition coefficient (Wildman–Crippen LogP) is 10.5. The molecule has 3 nitrogen and oxygen atoms in total. The van der Waals surface area contributed by atoms with E-state index >= 15 is 0 Å². The van der Waals surface area contributed by atoms with Crippen molar-refractivity contribution in [2.45, 2.75) is 32.1 Å². The molecule has 0 unspecified atom stereocenters. The van der Waals surface area contributed by atoms with Crippen LogP contribution in [-0.4, -0.2) is 14.5 Å². The van der Waals surface area contributed by atoms with Gasteiger partial charge < -0.3 is 0 Å². The van der Waals surface area contributed by atoms with Crippen molar-refractivity contribution in [3.63, 3.8) is 0 Å². The van der Waals surface area contributed by atoms with Crippen LogP contribution >= 0.6 is 11.3 Å². The SMILES string of the molecule is CC1(C)c2ccccc2-c2cc3c4c(n(-c5nc(-c6ccccc6)c6ccccc6n5)c3cc21)CCc1c-4sc2ccccc12. The average Bonchev–Trinajstić information content (AvgIpc) is 3.69. The first-order chi connectivity index (χ1) is 22.1. The molecule has 3 heterocycles. The minimum absolute atomic E-state index is 0.0993. The van der Waals surface area contributed by atoms with Gasteiger partial charge in [0.1, 0.15) is 0 Å². The van der Waals surface area contributed by atoms with E-state index in [0.29, 0.717) is 0 Å². The molecule has 0 fully saturated rings. The quantitative estimate of drug-likeness (QED) is 0.199. The lowest BCUT2D eigenvalue weighted by atomic mass is 9.82. The number of benzene rings is 5. The topological polar surface area (TPSA) is 30.7 Å². The Bertz CT molecular complexity index is 2520. The predicted molar refractivity (Wildman–Crippen MR) is 188 cm³/mol. The molecule has 0 radical (unpaired) electrons. The first-order valence-electron chi connectivity index (χ1n) is 15.7. The van der Waals surface area contributed by atoms with Crippen molar-refractivity contribution in [1.82, 2.24) is 14.5 Å². The third kappa shape index (κ3) is 3.40. The maximum absolute atomic E-state index is 5.40. The summed E-state index contributed by atoms with van der Waals surface area (Å²) in [4.78, 5) is 12.1. The Morgan fingerprint density at radius 1 is 0.667 bits per heavy atom. The Balaban J connectivity index is 1.34. The van der Waals surface area contributed by atoms with E-state index in [1.54, 1.807) is 0 Å². The Morgan fingerprint density at radius 2 is 1.42 bits per heavy atom. The highest BCUT2D eigenvalue weighted by molar-refractivity contribution is 7.22. The number of aromatic nitrogens is 3. The van der Waals surface area contributed by atoms with Gasteiger partial charge in [-0.3, -0.25) is 4.57 Å². The first kappa shape index (κ1) is 25.3. The number of para-hydroxylation sites is 1. The summed E-state index contributed by atoms with van der Waals surface area (Å²) in [6.45, 7) is 4.72. The van der Waals surface area contributed by atoms with Crippen molar-refractivity contribution in [3.8, 4) is 38.8 Å². The van der Waals surface area contributed by atoms with Gasteiger partial charge in [0, 0.05) is 42.6 Å². The summed E-state index contributed by atoms with van der Waals surface area (Å²) in [5.74, 6) is 0.747. The third-order valence-corrected chi connectivity index (χ3v) is 11.4. The molecule has 2 aliphatic rings. The van der Waals surface area contributed by atoms with Crippen LogP contribution in [-0.2, 0) is 18.3 Å². The van der Waals surface area contributed by atoms with Crippen molar-refractivity contribution < 1.29 is 0 Å². The van der Waals surface area contributed by atoms with Crippen molar-refractivity contribution in [3.05, 3.63) is 138 Å². The highest BCUT2D eigenvalue weighted by Crippen LogP contribution is 2.54. The van der Waals surface area contributed by atoms with Crippen LogP contribution in [0, 0.1) is 0 Å². The largest absolute Gasteiger partial charge is 0.282 e. The van der Waals surface area contributed by atoms with Gasteiger partial charge in [-0.25, -0.2) is 9.97 Å². The van der Waals surface area contributed by atoms with Gasteiger partial charge in [-0.1, -0.05) is 105 Å². The van der Waals surface area contributed by atoms with E-state index < -0.39 is 0 Å². The monoisotopic (exact) mass is 595 g/mol. The van der Waals surface area contributed by atoms with Gasteiger partial charge in [0.15, 0.2) is 0 Å². The van der Waals surface area contributed by atoms with Gasteiger partial charge in [-0.15, -0.1) is 11.3 Å². The molecule has 5 aromatic carbocycles. The maximum atomic E-state index is 5.40. The van der Waals surface area contributed by atoms with E-state index in [-0.39, 0.29) is 5.41 Å². The van der Waals surface area contributed by atoms with E-state index in [4.69, 9.17) is 9.97 Å². The number of nitrogens with zero attached hydrogens (tertiary/aromatic N) is 3. The fourth-order valence-corrected chi connectivity index (χ4v) is 9.36. The van der Waals surface area contributed by atoms with Gasteiger partial charge in [0.25, 0.3) is 0 Å². The first-order valence-corrected chi connectivity index (χ1v) is 16.5. The van der Waals surface area contributed by atoms with Gasteiger partial charge >= 0.3 is 0 Å². The molecular weight excluding hydrogens is 567 g/mol. The van der Waals surface area contributed by atoms with Crippen LogP contribution in [0.1, 0.15) is 36.2 Å². The van der Waals surface area contributed by atoms with Gasteiger partial charge in [-0.05, 0) is 70.3 Å². The van der Waals surface area contributed by atoms with Gasteiger partial charge in [-0.2, -0.15) is 0 Å². The van der Waals surface area contributed by atoms with Crippen molar-refractivity contribution in [1.29, 1.82) is 0 Å². The molecule has 0 saturated carbocycles. The third-order valence-electron chi connectivity index (χ3n) is 10.1. The molecule has 4 heteroatoms. The maximum Gasteiger partial charge on any atom is 0.235 e. The zero-order chi connectivity index (χ0) is 29.9. The molecule has 0 atom stereocenters. The van der Waals surface area contributed by atoms with E-state index in [1.165, 1.54) is 64.9 Å². The lowest BCUT2D eigenvalue weighted by Crippen LogP contribution is -2.15. The van der Waals surface area contributed by atoms with Crippen molar-refractivity contribution in [2.24, 2.45) is 0 Å². The molecule has 0 aliphatic heterocycles. The van der Waals surface area contributed by atoms with Crippen LogP contribution in [0.2, 0.25) is 0 Å². The van der Waals surface area contributed by atoms with E-state index in [1.807, 2.05) is 11.3 Å². The molecule has 0 bridgehead atoms. The summed E-state index contributed by atoms with van der Waals surface area (Å²) >= 11 is 1.93. The number of hydrogen-bond acceptors (Lipinski definition) is 3. The van der Waals surface area contributed by atoms with Crippen LogP contribution in [0.15, 0.2) is 115 Å². The van der Waals surface area contributed by atoms with E-state index in [0.717, 1.165) is 41.0 Å². The second kappa shape index (κ2) is 8.99. The molecule has 8 aromatic rings. The lowest BCUT2D eigenvalue weighted by Gasteiger charge is -2.21. The molecule has 0 amide bonds. The van der Waals surface area contributed by atoms with E-state index in [2.05, 4.69) is 134 Å². The summed E-state index contributed by atoms with van der Waals surface area (Å²) in [5, 5.41) is 3.76. The molecule has 0 saturated heterocycles. The van der Waals surface area contributed by atoms with Gasteiger partial charge in [0.2, 0.25) is 5.95 Å². The molecule has 214 valence electrons. The molecule has 0 spiro atoms. The zero-order valence-corrected chi connectivity index (χ0v) is 26.0. The molecule has 2 aliphatic carbocycles. The molecule has 45 heavy (non-hydrogen) atoms. The van der Waals surface area contributed by atoms with Crippen LogP contribution in [0.4, 0.5) is 0 Å². The second-order valence-corrected chi connectivity index (χ2v) is 14.0. The molecule has 3 aromatic heterocycles. The standard InChI is InChI=1S/C41H29N3S/c1-41(2)31-17-9-6-14-25(31)29-22-30-35(23-32(29)41)44(34-21-20-27-26-15-8-11-19-36(26)45-39(27)37(30)34)40-42-33-18-10-7-16-28(33)38(43-40)24-12-4-3-5-13-24/h3-19,22-23H,20-21H2,1-2H3. The molecule has 10 rings (SSSR count). The number of aryl methyl sites for hydroxylation is 1. The number of fused-ring (bicyclic) bond motifs is 11. The summed E-state index contributed by atoms with van der Waals surface area (Å²) in [6, 6.07) is 41.7. The smallest absolute Gasteiger partial charge is 0.235 e. The van der Waals surface area contributed by atoms with Crippen LogP contribution in [0.3, 0.4) is 0 Å². The van der Waals surface area contributed by atoms with Crippen LogP contribution in [0.25, 0.3) is 70.7 Å². The lowest BCUT2D eigenvalue weighted by molar-refractivity contribution is 0.661. The van der Waals surface area contributed by atoms with Gasteiger partial charge in [0.05, 0.1) is 16.7 Å². The second-order valence-electron chi connectivity index (χ2n) is 12.9. The molecule has 0 N–H and O–H groups in total. The van der Waals surface area contributed by atoms with Crippen molar-refractivity contribution >= 4 is 43.2 Å². The van der Waals surface area contributed by atoms with E-state index in [9.17, 15) is 0 Å². The number of rotatable bonds is 2. The molecular formula is C41H29N3S. The minimum Gasteiger partial charge on any atom is -0.282 e. The Hall–Kier alpha value is -5.06. The number of thiophene rings is 1. The number of hydrogen-bond donors (Lipinski definition) is 0. The Kier molecular flexibility index (Phi) is 5.05. The highest BCUT2D eigenvalue weighted by atomic mass is 32.1. The summed E-state index contributed by atoms with van der Waals surface area (Å²) in [6.07, 6.45) is 1.95. The normalized spacial score (nSPS) is 14.4. The summed E-state index contributed by atoms with van der Waals surface area (Å²) < 4.78 is 3.76. The fourth-order valence-electron chi connectivity index (χ4n) is 8.03. The summed E-state index contributed by atoms with van der Waals surface area (Å²) in [5.41, 5.74) is 13.7. The Morgan fingerprint density at radius 3 is 2.31 bits per heavy atom.